The summed E-state index contributed by atoms with van der Waals surface area (Å²) in [6.07, 6.45) is 2.51. The predicted molar refractivity (Wildman–Crippen MR) is 86.1 cm³/mol. The Labute approximate surface area is 136 Å². The minimum absolute atomic E-state index is 0.0686. The summed E-state index contributed by atoms with van der Waals surface area (Å²) < 4.78 is 0. The van der Waals surface area contributed by atoms with Gasteiger partial charge in [0.15, 0.2) is 0 Å². The Bertz CT molecular complexity index is 521. The van der Waals surface area contributed by atoms with Gasteiger partial charge in [0.05, 0.1) is 5.92 Å². The van der Waals surface area contributed by atoms with Crippen LogP contribution in [0.25, 0.3) is 0 Å². The molecule has 3 N–H and O–H groups in total. The fraction of sp³-hybridized carbons (Fsp3) is 0.529. The molecule has 2 rings (SSSR count). The van der Waals surface area contributed by atoms with Crippen molar-refractivity contribution < 1.29 is 19.8 Å². The van der Waals surface area contributed by atoms with Gasteiger partial charge in [0.1, 0.15) is 0 Å². The maximum Gasteiger partial charge on any atom is 0.317 e. The molecule has 2 unspecified atom stereocenters. The SMILES string of the molecule is O=C(O)C1CCN(C(=O)NC(CCCO)Cc2ccccc2)C1. The second-order valence-electron chi connectivity index (χ2n) is 5.97. The molecule has 1 aromatic rings. The van der Waals surface area contributed by atoms with Crippen molar-refractivity contribution in [3.8, 4) is 0 Å². The summed E-state index contributed by atoms with van der Waals surface area (Å²) >= 11 is 0. The van der Waals surface area contributed by atoms with Gasteiger partial charge in [-0.15, -0.1) is 0 Å². The van der Waals surface area contributed by atoms with Gasteiger partial charge in [0.25, 0.3) is 0 Å². The predicted octanol–water partition coefficient (Wildman–Crippen LogP) is 1.49. The number of aliphatic hydroxyl groups excluding tert-OH is 1. The van der Waals surface area contributed by atoms with Gasteiger partial charge in [-0.1, -0.05) is 30.3 Å². The maximum absolute atomic E-state index is 12.3. The van der Waals surface area contributed by atoms with Crippen molar-refractivity contribution in [3.63, 3.8) is 0 Å². The number of carbonyl (C=O) groups is 2. The molecule has 0 bridgehead atoms. The van der Waals surface area contributed by atoms with Gasteiger partial charge in [0.2, 0.25) is 0 Å². The van der Waals surface area contributed by atoms with E-state index in [0.29, 0.717) is 32.2 Å². The van der Waals surface area contributed by atoms with Crippen LogP contribution in [0.4, 0.5) is 4.79 Å². The summed E-state index contributed by atoms with van der Waals surface area (Å²) in [6, 6.07) is 9.59. The highest BCUT2D eigenvalue weighted by Crippen LogP contribution is 2.17. The highest BCUT2D eigenvalue weighted by molar-refractivity contribution is 5.77. The number of nitrogens with zero attached hydrogens (tertiary/aromatic N) is 1. The maximum atomic E-state index is 12.3. The van der Waals surface area contributed by atoms with Crippen LogP contribution in [0.3, 0.4) is 0 Å². The molecule has 23 heavy (non-hydrogen) atoms. The minimum Gasteiger partial charge on any atom is -0.481 e. The molecule has 2 amide bonds. The molecule has 126 valence electrons. The first-order chi connectivity index (χ1) is 11.1. The topological polar surface area (TPSA) is 89.9 Å². The molecule has 6 heteroatoms. The van der Waals surface area contributed by atoms with Crippen molar-refractivity contribution in [1.82, 2.24) is 10.2 Å². The lowest BCUT2D eigenvalue weighted by Gasteiger charge is -2.23. The molecule has 1 fully saturated rings. The van der Waals surface area contributed by atoms with Crippen LogP contribution in [0.15, 0.2) is 30.3 Å². The first-order valence-electron chi connectivity index (χ1n) is 8.03. The van der Waals surface area contributed by atoms with E-state index in [2.05, 4.69) is 5.32 Å². The third-order valence-electron chi connectivity index (χ3n) is 4.19. The molecule has 1 heterocycles. The number of carbonyl (C=O) groups excluding carboxylic acids is 1. The summed E-state index contributed by atoms with van der Waals surface area (Å²) in [5, 5.41) is 21.0. The number of rotatable bonds is 7. The third-order valence-corrected chi connectivity index (χ3v) is 4.19. The van der Waals surface area contributed by atoms with Gasteiger partial charge in [-0.2, -0.15) is 0 Å². The number of aliphatic hydroxyl groups is 1. The number of hydrogen-bond donors (Lipinski definition) is 3. The Kier molecular flexibility index (Phi) is 6.40. The van der Waals surface area contributed by atoms with E-state index >= 15 is 0 Å². The standard InChI is InChI=1S/C17H24N2O4/c20-10-4-7-15(11-13-5-2-1-3-6-13)18-17(23)19-9-8-14(12-19)16(21)22/h1-3,5-6,14-15,20H,4,7-12H2,(H,18,23)(H,21,22). The van der Waals surface area contributed by atoms with Crippen LogP contribution in [0, 0.1) is 5.92 Å². The number of hydrogen-bond acceptors (Lipinski definition) is 3. The third kappa shape index (κ3) is 5.25. The van der Waals surface area contributed by atoms with Gasteiger partial charge < -0.3 is 20.4 Å². The molecule has 0 aromatic heterocycles. The van der Waals surface area contributed by atoms with Crippen molar-refractivity contribution in [1.29, 1.82) is 0 Å². The largest absolute Gasteiger partial charge is 0.481 e. The lowest BCUT2D eigenvalue weighted by Crippen LogP contribution is -2.45. The van der Waals surface area contributed by atoms with Crippen molar-refractivity contribution in [2.24, 2.45) is 5.92 Å². The summed E-state index contributed by atoms with van der Waals surface area (Å²) in [5.41, 5.74) is 1.13. The Morgan fingerprint density at radius 3 is 2.65 bits per heavy atom. The number of carboxylic acid groups (broad SMARTS) is 1. The lowest BCUT2D eigenvalue weighted by molar-refractivity contribution is -0.141. The van der Waals surface area contributed by atoms with Crippen molar-refractivity contribution in [3.05, 3.63) is 35.9 Å². The average Bonchev–Trinajstić information content (AvgIpc) is 3.04. The Balaban J connectivity index is 1.91. The summed E-state index contributed by atoms with van der Waals surface area (Å²) in [5.74, 6) is -1.31. The Hall–Kier alpha value is -2.08. The molecule has 0 aliphatic carbocycles. The molecule has 6 nitrogen and oxygen atoms in total. The molecule has 1 saturated heterocycles. The number of benzene rings is 1. The minimum atomic E-state index is -0.846. The molecular formula is C17H24N2O4. The average molecular weight is 320 g/mol. The van der Waals surface area contributed by atoms with E-state index in [1.165, 1.54) is 0 Å². The van der Waals surface area contributed by atoms with E-state index < -0.39 is 11.9 Å². The van der Waals surface area contributed by atoms with Crippen molar-refractivity contribution in [2.45, 2.75) is 31.7 Å². The van der Waals surface area contributed by atoms with Crippen LogP contribution < -0.4 is 5.32 Å². The molecule has 0 spiro atoms. The van der Waals surface area contributed by atoms with Gasteiger partial charge >= 0.3 is 12.0 Å². The summed E-state index contributed by atoms with van der Waals surface area (Å²) in [6.45, 7) is 0.825. The quantitative estimate of drug-likeness (QED) is 0.710. The van der Waals surface area contributed by atoms with Crippen LogP contribution in [0.1, 0.15) is 24.8 Å². The second-order valence-corrected chi connectivity index (χ2v) is 5.97. The first kappa shape index (κ1) is 17.3. The number of carboxylic acids is 1. The Morgan fingerprint density at radius 2 is 2.04 bits per heavy atom. The van der Waals surface area contributed by atoms with E-state index in [0.717, 1.165) is 5.56 Å². The van der Waals surface area contributed by atoms with Crippen LogP contribution in [0.2, 0.25) is 0 Å². The fourth-order valence-electron chi connectivity index (χ4n) is 2.87. The molecule has 1 aliphatic rings. The fourth-order valence-corrected chi connectivity index (χ4v) is 2.87. The van der Waals surface area contributed by atoms with Gasteiger partial charge in [-0.05, 0) is 31.2 Å². The normalized spacial score (nSPS) is 18.7. The summed E-state index contributed by atoms with van der Waals surface area (Å²) in [4.78, 5) is 24.9. The summed E-state index contributed by atoms with van der Waals surface area (Å²) in [7, 11) is 0. The van der Waals surface area contributed by atoms with Crippen LogP contribution in [-0.4, -0.2) is 52.9 Å². The number of aliphatic carboxylic acids is 1. The molecule has 1 aliphatic heterocycles. The number of nitrogens with one attached hydrogen (secondary N) is 1. The monoisotopic (exact) mass is 320 g/mol. The van der Waals surface area contributed by atoms with E-state index in [9.17, 15) is 9.59 Å². The molecular weight excluding hydrogens is 296 g/mol. The molecule has 2 atom stereocenters. The van der Waals surface area contributed by atoms with E-state index in [1.807, 2.05) is 30.3 Å². The highest BCUT2D eigenvalue weighted by Gasteiger charge is 2.31. The molecule has 0 saturated carbocycles. The smallest absolute Gasteiger partial charge is 0.317 e. The second kappa shape index (κ2) is 8.53. The van der Waals surface area contributed by atoms with Crippen molar-refractivity contribution >= 4 is 12.0 Å². The van der Waals surface area contributed by atoms with E-state index in [4.69, 9.17) is 10.2 Å². The zero-order chi connectivity index (χ0) is 16.7. The van der Waals surface area contributed by atoms with Gasteiger partial charge in [-0.25, -0.2) is 4.79 Å². The zero-order valence-corrected chi connectivity index (χ0v) is 13.1. The molecule has 0 radical (unpaired) electrons. The van der Waals surface area contributed by atoms with Crippen LogP contribution in [0.5, 0.6) is 0 Å². The van der Waals surface area contributed by atoms with E-state index in [1.54, 1.807) is 4.90 Å². The number of urea groups is 1. The number of likely N-dealkylation sites (tertiary alicyclic amines) is 1. The molecule has 1 aromatic carbocycles. The van der Waals surface area contributed by atoms with E-state index in [-0.39, 0.29) is 25.2 Å². The van der Waals surface area contributed by atoms with Crippen LogP contribution in [-0.2, 0) is 11.2 Å². The lowest BCUT2D eigenvalue weighted by atomic mass is 10.0. The highest BCUT2D eigenvalue weighted by atomic mass is 16.4. The Morgan fingerprint density at radius 1 is 1.30 bits per heavy atom. The van der Waals surface area contributed by atoms with Crippen LogP contribution >= 0.6 is 0 Å². The first-order valence-corrected chi connectivity index (χ1v) is 8.03. The van der Waals surface area contributed by atoms with Gasteiger partial charge in [0, 0.05) is 25.7 Å². The van der Waals surface area contributed by atoms with Gasteiger partial charge in [-0.3, -0.25) is 4.79 Å². The van der Waals surface area contributed by atoms with Crippen molar-refractivity contribution in [2.75, 3.05) is 19.7 Å². The number of amides is 2. The zero-order valence-electron chi connectivity index (χ0n) is 13.1.